The fraction of sp³-hybridized carbons (Fsp3) is 0.286. The highest BCUT2D eigenvalue weighted by molar-refractivity contribution is 7.84. The van der Waals surface area contributed by atoms with E-state index in [9.17, 15) is 14.1 Å². The molecule has 5 nitrogen and oxygen atoms in total. The van der Waals surface area contributed by atoms with Gasteiger partial charge in [-0.05, 0) is 19.1 Å². The van der Waals surface area contributed by atoms with Crippen molar-refractivity contribution in [2.75, 3.05) is 18.1 Å². The van der Waals surface area contributed by atoms with E-state index in [1.807, 2.05) is 13.0 Å². The molecule has 0 aliphatic carbocycles. The molecule has 2 N–H and O–H groups in total. The van der Waals surface area contributed by atoms with E-state index in [2.05, 4.69) is 10.3 Å². The lowest BCUT2D eigenvalue weighted by Crippen LogP contribution is -2.21. The maximum atomic E-state index is 11.3. The zero-order valence-corrected chi connectivity index (χ0v) is 12.1. The van der Waals surface area contributed by atoms with Gasteiger partial charge in [-0.2, -0.15) is 0 Å². The van der Waals surface area contributed by atoms with Gasteiger partial charge in [0.05, 0.1) is 11.1 Å². The van der Waals surface area contributed by atoms with Gasteiger partial charge in [0.25, 0.3) is 0 Å². The number of nitrogens with one attached hydrogen (secondary N) is 1. The average Bonchev–Trinajstić information content (AvgIpc) is 2.43. The molecular formula is C14H16N2O3S. The summed E-state index contributed by atoms with van der Waals surface area (Å²) in [6.45, 7) is 2.34. The summed E-state index contributed by atoms with van der Waals surface area (Å²) < 4.78 is 11.3. The van der Waals surface area contributed by atoms with E-state index in [1.165, 1.54) is 6.07 Å². The van der Waals surface area contributed by atoms with Crippen LogP contribution in [0.2, 0.25) is 0 Å². The van der Waals surface area contributed by atoms with Crippen LogP contribution in [0, 0.1) is 0 Å². The fourth-order valence-corrected chi connectivity index (χ4v) is 2.13. The highest BCUT2D eigenvalue weighted by atomic mass is 32.2. The van der Waals surface area contributed by atoms with Crippen molar-refractivity contribution in [1.82, 2.24) is 4.98 Å². The van der Waals surface area contributed by atoms with Gasteiger partial charge in [-0.3, -0.25) is 4.21 Å². The summed E-state index contributed by atoms with van der Waals surface area (Å²) in [4.78, 5) is 15.7. The molecule has 0 aliphatic rings. The summed E-state index contributed by atoms with van der Waals surface area (Å²) >= 11 is 0. The van der Waals surface area contributed by atoms with Crippen LogP contribution in [0.25, 0.3) is 10.9 Å². The smallest absolute Gasteiger partial charge is 0.336 e. The van der Waals surface area contributed by atoms with Crippen LogP contribution in [-0.2, 0) is 10.8 Å². The molecular weight excluding hydrogens is 276 g/mol. The molecule has 6 heteroatoms. The van der Waals surface area contributed by atoms with Crippen LogP contribution in [0.3, 0.4) is 0 Å². The van der Waals surface area contributed by atoms with Crippen LogP contribution < -0.4 is 5.32 Å². The number of carbonyl (C=O) groups is 1. The lowest BCUT2D eigenvalue weighted by atomic mass is 10.1. The van der Waals surface area contributed by atoms with Gasteiger partial charge < -0.3 is 10.4 Å². The van der Waals surface area contributed by atoms with Gasteiger partial charge >= 0.3 is 5.97 Å². The van der Waals surface area contributed by atoms with Crippen molar-refractivity contribution in [3.8, 4) is 0 Å². The standard InChI is InChI=1S/C14H16N2O3S/c1-9(20(2)19)8-15-13-7-11(14(17)18)10-5-3-4-6-12(10)16-13/h3-7,9H,8H2,1-2H3,(H,15,16)(H,17,18). The van der Waals surface area contributed by atoms with Gasteiger partial charge in [-0.15, -0.1) is 0 Å². The minimum atomic E-state index is -0.987. The number of para-hydroxylation sites is 1. The molecule has 106 valence electrons. The van der Waals surface area contributed by atoms with E-state index >= 15 is 0 Å². The number of aromatic nitrogens is 1. The number of benzene rings is 1. The van der Waals surface area contributed by atoms with Crippen molar-refractivity contribution in [1.29, 1.82) is 0 Å². The molecule has 1 aromatic heterocycles. The molecule has 0 saturated heterocycles. The summed E-state index contributed by atoms with van der Waals surface area (Å²) in [5.74, 6) is -0.503. The minimum absolute atomic E-state index is 0.0310. The number of anilines is 1. The van der Waals surface area contributed by atoms with Crippen LogP contribution >= 0.6 is 0 Å². The fourth-order valence-electron chi connectivity index (χ4n) is 1.81. The normalized spacial score (nSPS) is 13.9. The van der Waals surface area contributed by atoms with E-state index in [1.54, 1.807) is 24.5 Å². The molecule has 0 saturated carbocycles. The predicted octanol–water partition coefficient (Wildman–Crippen LogP) is 2.11. The Labute approximate surface area is 119 Å². The Morgan fingerprint density at radius 3 is 2.80 bits per heavy atom. The highest BCUT2D eigenvalue weighted by Crippen LogP contribution is 2.20. The Bertz CT molecular complexity index is 673. The number of nitrogens with zero attached hydrogens (tertiary/aromatic N) is 1. The van der Waals surface area contributed by atoms with Crippen molar-refractivity contribution < 1.29 is 14.1 Å². The van der Waals surface area contributed by atoms with Crippen molar-refractivity contribution in [3.05, 3.63) is 35.9 Å². The van der Waals surface area contributed by atoms with Gasteiger partial charge in [0.15, 0.2) is 0 Å². The second-order valence-corrected chi connectivity index (χ2v) is 6.37. The first-order valence-corrected chi connectivity index (χ1v) is 7.80. The van der Waals surface area contributed by atoms with E-state index in [-0.39, 0.29) is 10.8 Å². The predicted molar refractivity (Wildman–Crippen MR) is 80.7 cm³/mol. The van der Waals surface area contributed by atoms with Crippen molar-refractivity contribution in [2.24, 2.45) is 0 Å². The van der Waals surface area contributed by atoms with Crippen molar-refractivity contribution >= 4 is 33.5 Å². The zero-order chi connectivity index (χ0) is 14.7. The number of pyridine rings is 1. The molecule has 0 fully saturated rings. The molecule has 2 atom stereocenters. The van der Waals surface area contributed by atoms with E-state index in [4.69, 9.17) is 0 Å². The molecule has 0 aliphatic heterocycles. The Hall–Kier alpha value is -1.95. The van der Waals surface area contributed by atoms with Gasteiger partial charge in [0, 0.05) is 34.2 Å². The molecule has 0 radical (unpaired) electrons. The monoisotopic (exact) mass is 292 g/mol. The summed E-state index contributed by atoms with van der Waals surface area (Å²) in [5, 5.41) is 12.9. The highest BCUT2D eigenvalue weighted by Gasteiger charge is 2.12. The average molecular weight is 292 g/mol. The largest absolute Gasteiger partial charge is 0.478 e. The van der Waals surface area contributed by atoms with Gasteiger partial charge in [0.2, 0.25) is 0 Å². The third-order valence-corrected chi connectivity index (χ3v) is 4.38. The first-order valence-electron chi connectivity index (χ1n) is 6.18. The Morgan fingerprint density at radius 1 is 1.45 bits per heavy atom. The topological polar surface area (TPSA) is 79.3 Å². The zero-order valence-electron chi connectivity index (χ0n) is 11.3. The SMILES string of the molecule is CC(CNc1cc(C(=O)O)c2ccccc2n1)S(C)=O. The van der Waals surface area contributed by atoms with E-state index in [0.29, 0.717) is 23.3 Å². The summed E-state index contributed by atoms with van der Waals surface area (Å²) in [6, 6.07) is 8.62. The number of rotatable bonds is 5. The molecule has 2 unspecified atom stereocenters. The summed E-state index contributed by atoms with van der Waals surface area (Å²) in [5.41, 5.74) is 0.837. The maximum absolute atomic E-state index is 11.3. The molecule has 2 rings (SSSR count). The lowest BCUT2D eigenvalue weighted by Gasteiger charge is -2.12. The quantitative estimate of drug-likeness (QED) is 0.882. The third-order valence-electron chi connectivity index (χ3n) is 3.08. The van der Waals surface area contributed by atoms with Crippen molar-refractivity contribution in [2.45, 2.75) is 12.2 Å². The lowest BCUT2D eigenvalue weighted by molar-refractivity contribution is 0.0699. The molecule has 0 spiro atoms. The summed E-state index contributed by atoms with van der Waals surface area (Å²) in [7, 11) is -0.932. The molecule has 2 aromatic rings. The van der Waals surface area contributed by atoms with E-state index in [0.717, 1.165) is 0 Å². The Balaban J connectivity index is 2.35. The van der Waals surface area contributed by atoms with Gasteiger partial charge in [0.1, 0.15) is 5.82 Å². The molecule has 20 heavy (non-hydrogen) atoms. The molecule has 0 amide bonds. The summed E-state index contributed by atoms with van der Waals surface area (Å²) in [6.07, 6.45) is 1.64. The van der Waals surface area contributed by atoms with Crippen molar-refractivity contribution in [3.63, 3.8) is 0 Å². The minimum Gasteiger partial charge on any atom is -0.478 e. The molecule has 1 heterocycles. The van der Waals surface area contributed by atoms with E-state index < -0.39 is 16.8 Å². The number of carboxylic acid groups (broad SMARTS) is 1. The Kier molecular flexibility index (Phi) is 4.34. The Morgan fingerprint density at radius 2 is 2.15 bits per heavy atom. The van der Waals surface area contributed by atoms with Gasteiger partial charge in [-0.1, -0.05) is 18.2 Å². The first kappa shape index (κ1) is 14.5. The number of hydrogen-bond acceptors (Lipinski definition) is 4. The second-order valence-electron chi connectivity index (χ2n) is 4.57. The maximum Gasteiger partial charge on any atom is 0.336 e. The van der Waals surface area contributed by atoms with Gasteiger partial charge in [-0.25, -0.2) is 9.78 Å². The number of carboxylic acids is 1. The number of aromatic carboxylic acids is 1. The molecule has 0 bridgehead atoms. The van der Waals surface area contributed by atoms with Crippen LogP contribution in [-0.4, -0.2) is 38.3 Å². The number of hydrogen-bond donors (Lipinski definition) is 2. The van der Waals surface area contributed by atoms with Crippen LogP contribution in [0.5, 0.6) is 0 Å². The number of fused-ring (bicyclic) bond motifs is 1. The van der Waals surface area contributed by atoms with Crippen LogP contribution in [0.4, 0.5) is 5.82 Å². The van der Waals surface area contributed by atoms with Crippen LogP contribution in [0.1, 0.15) is 17.3 Å². The second kappa shape index (κ2) is 6.00. The molecule has 1 aromatic carbocycles. The van der Waals surface area contributed by atoms with Crippen LogP contribution in [0.15, 0.2) is 30.3 Å². The third kappa shape index (κ3) is 3.14. The first-order chi connectivity index (χ1) is 9.49.